The fourth-order valence-corrected chi connectivity index (χ4v) is 1.74. The van der Waals surface area contributed by atoms with Crippen molar-refractivity contribution in [2.45, 2.75) is 13.0 Å². The molecule has 0 spiro atoms. The van der Waals surface area contributed by atoms with Gasteiger partial charge in [-0.05, 0) is 18.6 Å². The molecule has 2 rings (SSSR count). The SMILES string of the molecule is COc1cc(F)c(C(O)c2occc2C)c(F)c1. The number of hydrogen-bond acceptors (Lipinski definition) is 3. The van der Waals surface area contributed by atoms with Gasteiger partial charge in [0.15, 0.2) is 0 Å². The van der Waals surface area contributed by atoms with E-state index in [0.29, 0.717) is 5.56 Å². The average Bonchev–Trinajstić information content (AvgIpc) is 2.74. The summed E-state index contributed by atoms with van der Waals surface area (Å²) in [5, 5.41) is 9.97. The Morgan fingerprint density at radius 1 is 1.28 bits per heavy atom. The lowest BCUT2D eigenvalue weighted by Crippen LogP contribution is -2.06. The molecule has 1 N–H and O–H groups in total. The topological polar surface area (TPSA) is 42.6 Å². The Bertz CT molecular complexity index is 540. The molecule has 1 heterocycles. The van der Waals surface area contributed by atoms with Crippen LogP contribution in [0.1, 0.15) is 23.0 Å². The summed E-state index contributed by atoms with van der Waals surface area (Å²) < 4.78 is 37.3. The molecular weight excluding hydrogens is 242 g/mol. The Morgan fingerprint density at radius 2 is 1.89 bits per heavy atom. The van der Waals surface area contributed by atoms with Crippen LogP contribution >= 0.6 is 0 Å². The molecule has 0 saturated carbocycles. The van der Waals surface area contributed by atoms with Crippen LogP contribution in [-0.4, -0.2) is 12.2 Å². The molecule has 0 aliphatic heterocycles. The summed E-state index contributed by atoms with van der Waals surface area (Å²) in [4.78, 5) is 0. The molecule has 2 aromatic rings. The van der Waals surface area contributed by atoms with E-state index in [1.165, 1.54) is 13.4 Å². The number of halogens is 2. The van der Waals surface area contributed by atoms with Crippen LogP contribution in [0.2, 0.25) is 0 Å². The van der Waals surface area contributed by atoms with Crippen LogP contribution in [0, 0.1) is 18.6 Å². The molecule has 0 aliphatic rings. The largest absolute Gasteiger partial charge is 0.497 e. The summed E-state index contributed by atoms with van der Waals surface area (Å²) in [6, 6.07) is 3.64. The van der Waals surface area contributed by atoms with Crippen molar-refractivity contribution in [3.05, 3.63) is 53.0 Å². The molecule has 3 nitrogen and oxygen atoms in total. The van der Waals surface area contributed by atoms with E-state index in [2.05, 4.69) is 0 Å². The number of furan rings is 1. The second-order valence-corrected chi connectivity index (χ2v) is 3.88. The minimum Gasteiger partial charge on any atom is -0.497 e. The molecule has 1 aromatic heterocycles. The van der Waals surface area contributed by atoms with E-state index in [4.69, 9.17) is 9.15 Å². The lowest BCUT2D eigenvalue weighted by atomic mass is 10.0. The molecule has 0 fully saturated rings. The first-order valence-corrected chi connectivity index (χ1v) is 5.29. The van der Waals surface area contributed by atoms with Crippen molar-refractivity contribution in [1.29, 1.82) is 0 Å². The number of aliphatic hydroxyl groups excluding tert-OH is 1. The van der Waals surface area contributed by atoms with Gasteiger partial charge in [-0.2, -0.15) is 0 Å². The normalized spacial score (nSPS) is 12.5. The minimum atomic E-state index is -1.48. The van der Waals surface area contributed by atoms with Crippen LogP contribution in [0.4, 0.5) is 8.78 Å². The predicted molar refractivity (Wildman–Crippen MR) is 60.4 cm³/mol. The second kappa shape index (κ2) is 4.78. The first kappa shape index (κ1) is 12.6. The smallest absolute Gasteiger partial charge is 0.143 e. The molecule has 1 aromatic carbocycles. The average molecular weight is 254 g/mol. The maximum Gasteiger partial charge on any atom is 0.143 e. The van der Waals surface area contributed by atoms with Crippen LogP contribution in [0.25, 0.3) is 0 Å². The van der Waals surface area contributed by atoms with Crippen molar-refractivity contribution in [3.8, 4) is 5.75 Å². The van der Waals surface area contributed by atoms with Crippen LogP contribution in [0.5, 0.6) is 5.75 Å². The zero-order valence-corrected chi connectivity index (χ0v) is 9.91. The molecule has 5 heteroatoms. The summed E-state index contributed by atoms with van der Waals surface area (Å²) in [7, 11) is 1.31. The van der Waals surface area contributed by atoms with Gasteiger partial charge in [0.2, 0.25) is 0 Å². The number of aryl methyl sites for hydroxylation is 1. The molecule has 1 atom stereocenters. The summed E-state index contributed by atoms with van der Waals surface area (Å²) >= 11 is 0. The van der Waals surface area contributed by atoms with Gasteiger partial charge in [0.25, 0.3) is 0 Å². The fourth-order valence-electron chi connectivity index (χ4n) is 1.74. The lowest BCUT2D eigenvalue weighted by Gasteiger charge is -2.12. The number of aliphatic hydroxyl groups is 1. The number of rotatable bonds is 3. The van der Waals surface area contributed by atoms with Gasteiger partial charge in [0.05, 0.1) is 18.9 Å². The van der Waals surface area contributed by atoms with Gasteiger partial charge in [-0.15, -0.1) is 0 Å². The zero-order valence-electron chi connectivity index (χ0n) is 9.91. The summed E-state index contributed by atoms with van der Waals surface area (Å²) in [6.45, 7) is 1.68. The summed E-state index contributed by atoms with van der Waals surface area (Å²) in [5.74, 6) is -1.58. The van der Waals surface area contributed by atoms with Crippen molar-refractivity contribution in [3.63, 3.8) is 0 Å². The molecule has 96 valence electrons. The highest BCUT2D eigenvalue weighted by Crippen LogP contribution is 2.31. The van der Waals surface area contributed by atoms with Crippen molar-refractivity contribution in [2.24, 2.45) is 0 Å². The number of benzene rings is 1. The van der Waals surface area contributed by atoms with Gasteiger partial charge in [-0.3, -0.25) is 0 Å². The molecular formula is C13H12F2O3. The first-order valence-electron chi connectivity index (χ1n) is 5.29. The van der Waals surface area contributed by atoms with E-state index in [0.717, 1.165) is 12.1 Å². The van der Waals surface area contributed by atoms with Gasteiger partial charge in [0.1, 0.15) is 29.2 Å². The van der Waals surface area contributed by atoms with E-state index in [9.17, 15) is 13.9 Å². The van der Waals surface area contributed by atoms with E-state index in [1.807, 2.05) is 0 Å². The zero-order chi connectivity index (χ0) is 13.3. The van der Waals surface area contributed by atoms with Crippen LogP contribution in [0.3, 0.4) is 0 Å². The van der Waals surface area contributed by atoms with E-state index < -0.39 is 23.3 Å². The molecule has 0 aliphatic carbocycles. The van der Waals surface area contributed by atoms with Crippen LogP contribution in [0.15, 0.2) is 28.9 Å². The lowest BCUT2D eigenvalue weighted by molar-refractivity contribution is 0.178. The maximum absolute atomic E-state index is 13.8. The standard InChI is InChI=1S/C13H12F2O3/c1-7-3-4-18-13(7)12(16)11-9(14)5-8(17-2)6-10(11)15/h3-6,12,16H,1-2H3. The summed E-state index contributed by atoms with van der Waals surface area (Å²) in [5.41, 5.74) is 0.172. The third-order valence-electron chi connectivity index (χ3n) is 2.71. The van der Waals surface area contributed by atoms with Crippen LogP contribution < -0.4 is 4.74 Å². The van der Waals surface area contributed by atoms with Gasteiger partial charge < -0.3 is 14.3 Å². The molecule has 0 bridgehead atoms. The van der Waals surface area contributed by atoms with Crippen molar-refractivity contribution < 1.29 is 23.0 Å². The van der Waals surface area contributed by atoms with Crippen molar-refractivity contribution in [2.75, 3.05) is 7.11 Å². The Kier molecular flexibility index (Phi) is 3.34. The Labute approximate surface area is 103 Å². The van der Waals surface area contributed by atoms with E-state index in [1.54, 1.807) is 13.0 Å². The second-order valence-electron chi connectivity index (χ2n) is 3.88. The van der Waals surface area contributed by atoms with Gasteiger partial charge in [-0.25, -0.2) is 8.78 Å². The minimum absolute atomic E-state index is 0.0529. The highest BCUT2D eigenvalue weighted by atomic mass is 19.1. The number of ether oxygens (including phenoxy) is 1. The molecule has 0 saturated heterocycles. The highest BCUT2D eigenvalue weighted by molar-refractivity contribution is 5.36. The van der Waals surface area contributed by atoms with Gasteiger partial charge in [0, 0.05) is 12.1 Å². The number of hydrogen-bond donors (Lipinski definition) is 1. The maximum atomic E-state index is 13.8. The van der Waals surface area contributed by atoms with Gasteiger partial charge in [-0.1, -0.05) is 0 Å². The quantitative estimate of drug-likeness (QED) is 0.915. The Hall–Kier alpha value is -1.88. The molecule has 0 radical (unpaired) electrons. The third kappa shape index (κ3) is 2.09. The predicted octanol–water partition coefficient (Wildman–Crippen LogP) is 2.96. The van der Waals surface area contributed by atoms with Crippen LogP contribution in [-0.2, 0) is 0 Å². The number of methoxy groups -OCH3 is 1. The highest BCUT2D eigenvalue weighted by Gasteiger charge is 2.24. The van der Waals surface area contributed by atoms with Crippen molar-refractivity contribution in [1.82, 2.24) is 0 Å². The third-order valence-corrected chi connectivity index (χ3v) is 2.71. The monoisotopic (exact) mass is 254 g/mol. The Balaban J connectivity index is 2.48. The molecule has 0 amide bonds. The molecule has 18 heavy (non-hydrogen) atoms. The van der Waals surface area contributed by atoms with E-state index in [-0.39, 0.29) is 11.5 Å². The Morgan fingerprint density at radius 3 is 2.33 bits per heavy atom. The fraction of sp³-hybridized carbons (Fsp3) is 0.231. The van der Waals surface area contributed by atoms with Crippen molar-refractivity contribution >= 4 is 0 Å². The summed E-state index contributed by atoms with van der Waals surface area (Å²) in [6.07, 6.45) is -0.126. The van der Waals surface area contributed by atoms with E-state index >= 15 is 0 Å². The molecule has 1 unspecified atom stereocenters. The first-order chi connectivity index (χ1) is 8.54. The van der Waals surface area contributed by atoms with Gasteiger partial charge >= 0.3 is 0 Å².